The molecule has 0 saturated carbocycles. The number of nitrogens with one attached hydrogen (secondary N) is 1. The Labute approximate surface area is 156 Å². The third kappa shape index (κ3) is 3.86. The maximum absolute atomic E-state index is 12.5. The average molecular weight is 364 g/mol. The van der Waals surface area contributed by atoms with Gasteiger partial charge in [-0.25, -0.2) is 24.4 Å². The first-order valence-electron chi connectivity index (χ1n) is 8.73. The number of urea groups is 1. The maximum atomic E-state index is 12.5. The van der Waals surface area contributed by atoms with E-state index in [1.807, 2.05) is 42.2 Å². The predicted molar refractivity (Wildman–Crippen MR) is 101 cm³/mol. The van der Waals surface area contributed by atoms with E-state index >= 15 is 0 Å². The fourth-order valence-corrected chi connectivity index (χ4v) is 3.03. The Morgan fingerprint density at radius 2 is 1.85 bits per heavy atom. The van der Waals surface area contributed by atoms with Crippen LogP contribution in [0.4, 0.5) is 16.3 Å². The molecule has 1 N–H and O–H groups in total. The van der Waals surface area contributed by atoms with Crippen molar-refractivity contribution in [1.29, 1.82) is 0 Å². The van der Waals surface area contributed by atoms with Crippen LogP contribution < -0.4 is 10.2 Å². The molecular weight excluding hydrogens is 344 g/mol. The largest absolute Gasteiger partial charge is 0.353 e. The summed E-state index contributed by atoms with van der Waals surface area (Å²) in [6.45, 7) is 4.66. The standard InChI is InChI=1S/C18H20N8O/c1-14-3-2-4-15(9-14)23-18(27)25-7-5-24(6-8-25)16-10-17(21-12-20-16)26-13-19-11-22-26/h2-4,9-13H,5-8H2,1H3,(H,23,27). The van der Waals surface area contributed by atoms with Gasteiger partial charge in [-0.1, -0.05) is 12.1 Å². The zero-order valence-corrected chi connectivity index (χ0v) is 15.0. The molecule has 0 bridgehead atoms. The topological polar surface area (TPSA) is 92.1 Å². The zero-order chi connectivity index (χ0) is 18.6. The predicted octanol–water partition coefficient (Wildman–Crippen LogP) is 1.72. The minimum atomic E-state index is -0.0776. The average Bonchev–Trinajstić information content (AvgIpc) is 3.23. The SMILES string of the molecule is Cc1cccc(NC(=O)N2CCN(c3cc(-n4cncn4)ncn3)CC2)c1. The number of rotatable bonds is 3. The summed E-state index contributed by atoms with van der Waals surface area (Å²) in [5.74, 6) is 1.48. The molecule has 138 valence electrons. The molecule has 1 aliphatic rings. The highest BCUT2D eigenvalue weighted by molar-refractivity contribution is 5.89. The number of hydrogen-bond acceptors (Lipinski definition) is 6. The summed E-state index contributed by atoms with van der Waals surface area (Å²) in [6.07, 6.45) is 4.58. The van der Waals surface area contributed by atoms with Crippen LogP contribution in [-0.2, 0) is 0 Å². The minimum Gasteiger partial charge on any atom is -0.353 e. The zero-order valence-electron chi connectivity index (χ0n) is 15.0. The summed E-state index contributed by atoms with van der Waals surface area (Å²) in [6, 6.07) is 9.59. The summed E-state index contributed by atoms with van der Waals surface area (Å²) in [5.41, 5.74) is 1.93. The molecule has 0 unspecified atom stereocenters. The smallest absolute Gasteiger partial charge is 0.321 e. The Kier molecular flexibility index (Phi) is 4.65. The number of anilines is 2. The van der Waals surface area contributed by atoms with Crippen LogP contribution in [0.2, 0.25) is 0 Å². The summed E-state index contributed by atoms with van der Waals surface area (Å²) >= 11 is 0. The van der Waals surface area contributed by atoms with Crippen molar-refractivity contribution in [2.45, 2.75) is 6.92 Å². The van der Waals surface area contributed by atoms with E-state index in [0.29, 0.717) is 32.0 Å². The molecule has 27 heavy (non-hydrogen) atoms. The van der Waals surface area contributed by atoms with E-state index < -0.39 is 0 Å². The molecule has 1 fully saturated rings. The molecule has 0 atom stereocenters. The normalized spacial score (nSPS) is 14.3. The second-order valence-corrected chi connectivity index (χ2v) is 6.35. The summed E-state index contributed by atoms with van der Waals surface area (Å²) < 4.78 is 1.59. The summed E-state index contributed by atoms with van der Waals surface area (Å²) in [5, 5.41) is 7.05. The van der Waals surface area contributed by atoms with Crippen molar-refractivity contribution in [2.75, 3.05) is 36.4 Å². The number of nitrogens with zero attached hydrogens (tertiary/aromatic N) is 7. The van der Waals surface area contributed by atoms with E-state index in [1.165, 1.54) is 12.7 Å². The number of carbonyl (C=O) groups is 1. The van der Waals surface area contributed by atoms with Crippen LogP contribution in [0.15, 0.2) is 49.3 Å². The highest BCUT2D eigenvalue weighted by Crippen LogP contribution is 2.16. The molecule has 1 aromatic carbocycles. The lowest BCUT2D eigenvalue weighted by Gasteiger charge is -2.35. The van der Waals surface area contributed by atoms with Gasteiger partial charge < -0.3 is 15.1 Å². The van der Waals surface area contributed by atoms with Crippen molar-refractivity contribution in [2.24, 2.45) is 0 Å². The lowest BCUT2D eigenvalue weighted by Crippen LogP contribution is -2.50. The number of aromatic nitrogens is 5. The third-order valence-corrected chi connectivity index (χ3v) is 4.45. The van der Waals surface area contributed by atoms with E-state index in [9.17, 15) is 4.79 Å². The second-order valence-electron chi connectivity index (χ2n) is 6.35. The van der Waals surface area contributed by atoms with Crippen LogP contribution in [-0.4, -0.2) is 61.8 Å². The fourth-order valence-electron chi connectivity index (χ4n) is 3.03. The van der Waals surface area contributed by atoms with Crippen molar-refractivity contribution in [1.82, 2.24) is 29.6 Å². The van der Waals surface area contributed by atoms with Crippen LogP contribution in [0.3, 0.4) is 0 Å². The van der Waals surface area contributed by atoms with Crippen molar-refractivity contribution in [3.8, 4) is 5.82 Å². The quantitative estimate of drug-likeness (QED) is 0.761. The lowest BCUT2D eigenvalue weighted by atomic mass is 10.2. The maximum Gasteiger partial charge on any atom is 0.321 e. The van der Waals surface area contributed by atoms with E-state index in [4.69, 9.17) is 0 Å². The Morgan fingerprint density at radius 3 is 2.59 bits per heavy atom. The summed E-state index contributed by atoms with van der Waals surface area (Å²) in [4.78, 5) is 29.0. The van der Waals surface area contributed by atoms with Gasteiger partial charge in [0.1, 0.15) is 24.8 Å². The van der Waals surface area contributed by atoms with Gasteiger partial charge in [-0.2, -0.15) is 5.10 Å². The molecule has 2 amide bonds. The molecule has 0 aliphatic carbocycles. The van der Waals surface area contributed by atoms with Gasteiger partial charge >= 0.3 is 6.03 Å². The fraction of sp³-hybridized carbons (Fsp3) is 0.278. The van der Waals surface area contributed by atoms with E-state index in [2.05, 4.69) is 30.3 Å². The van der Waals surface area contributed by atoms with Gasteiger partial charge in [0, 0.05) is 37.9 Å². The first kappa shape index (κ1) is 17.0. The molecule has 0 radical (unpaired) electrons. The molecule has 1 saturated heterocycles. The van der Waals surface area contributed by atoms with Crippen LogP contribution in [0.1, 0.15) is 5.56 Å². The first-order chi connectivity index (χ1) is 13.2. The van der Waals surface area contributed by atoms with Gasteiger partial charge in [-0.3, -0.25) is 0 Å². The molecule has 0 spiro atoms. The Hall–Kier alpha value is -3.49. The number of benzene rings is 1. The second kappa shape index (κ2) is 7.40. The van der Waals surface area contributed by atoms with E-state index in [1.54, 1.807) is 11.0 Å². The van der Waals surface area contributed by atoms with Crippen molar-refractivity contribution in [3.05, 3.63) is 54.9 Å². The number of aryl methyl sites for hydroxylation is 1. The molecule has 4 rings (SSSR count). The Balaban J connectivity index is 1.37. The molecule has 3 aromatic rings. The Morgan fingerprint density at radius 1 is 1.04 bits per heavy atom. The number of piperazine rings is 1. The van der Waals surface area contributed by atoms with Gasteiger partial charge in [0.15, 0.2) is 5.82 Å². The van der Waals surface area contributed by atoms with E-state index in [-0.39, 0.29) is 6.03 Å². The van der Waals surface area contributed by atoms with Gasteiger partial charge in [-0.15, -0.1) is 0 Å². The van der Waals surface area contributed by atoms with Crippen molar-refractivity contribution >= 4 is 17.5 Å². The number of amides is 2. The molecule has 2 aromatic heterocycles. The molecular formula is C18H20N8O. The van der Waals surface area contributed by atoms with Crippen molar-refractivity contribution in [3.63, 3.8) is 0 Å². The van der Waals surface area contributed by atoms with Crippen molar-refractivity contribution < 1.29 is 4.79 Å². The number of carbonyl (C=O) groups excluding carboxylic acids is 1. The van der Waals surface area contributed by atoms with E-state index in [0.717, 1.165) is 17.1 Å². The van der Waals surface area contributed by atoms with Crippen LogP contribution >= 0.6 is 0 Å². The number of hydrogen-bond donors (Lipinski definition) is 1. The molecule has 3 heterocycles. The third-order valence-electron chi connectivity index (χ3n) is 4.45. The highest BCUT2D eigenvalue weighted by Gasteiger charge is 2.22. The molecule has 9 nitrogen and oxygen atoms in total. The molecule has 1 aliphatic heterocycles. The summed E-state index contributed by atoms with van der Waals surface area (Å²) in [7, 11) is 0. The van der Waals surface area contributed by atoms with Gasteiger partial charge in [0.25, 0.3) is 0 Å². The Bertz CT molecular complexity index is 919. The van der Waals surface area contributed by atoms with Gasteiger partial charge in [-0.05, 0) is 24.6 Å². The first-order valence-corrected chi connectivity index (χ1v) is 8.73. The van der Waals surface area contributed by atoms with Crippen LogP contribution in [0.5, 0.6) is 0 Å². The van der Waals surface area contributed by atoms with Gasteiger partial charge in [0.2, 0.25) is 0 Å². The highest BCUT2D eigenvalue weighted by atomic mass is 16.2. The molecule has 9 heteroatoms. The van der Waals surface area contributed by atoms with Crippen LogP contribution in [0, 0.1) is 6.92 Å². The minimum absolute atomic E-state index is 0.0776. The van der Waals surface area contributed by atoms with Gasteiger partial charge in [0.05, 0.1) is 0 Å². The monoisotopic (exact) mass is 364 g/mol. The lowest BCUT2D eigenvalue weighted by molar-refractivity contribution is 0.208. The van der Waals surface area contributed by atoms with Crippen LogP contribution in [0.25, 0.3) is 5.82 Å².